The molecule has 0 spiro atoms. The minimum absolute atomic E-state index is 0.00463. The molecule has 5 heterocycles. The molecule has 0 amide bonds. The maximum atomic E-state index is 13.2. The van der Waals surface area contributed by atoms with Crippen LogP contribution in [-0.2, 0) is 57.3 Å². The van der Waals surface area contributed by atoms with Crippen molar-refractivity contribution in [2.24, 2.45) is 11.8 Å². The number of aliphatic hydroxyl groups excluding tert-OH is 12. The van der Waals surface area contributed by atoms with Crippen LogP contribution in [0, 0.1) is 11.8 Å². The molecule has 25 atom stereocenters. The molecule has 0 radical (unpaired) electrons. The number of ketones is 2. The zero-order valence-electron chi connectivity index (χ0n) is 57.4. The van der Waals surface area contributed by atoms with Crippen LogP contribution in [0.1, 0.15) is 207 Å². The van der Waals surface area contributed by atoms with E-state index in [1.807, 2.05) is 6.08 Å². The molecule has 97 heavy (non-hydrogen) atoms. The fourth-order valence-corrected chi connectivity index (χ4v) is 13.5. The van der Waals surface area contributed by atoms with E-state index in [-0.39, 0.29) is 57.1 Å². The Morgan fingerprint density at radius 1 is 0.588 bits per heavy atom. The van der Waals surface area contributed by atoms with E-state index in [9.17, 15) is 83.8 Å². The Kier molecular flexibility index (Phi) is 39.0. The van der Waals surface area contributed by atoms with Crippen molar-refractivity contribution in [3.05, 3.63) is 61.3 Å². The van der Waals surface area contributed by atoms with Crippen LogP contribution in [0.3, 0.4) is 0 Å². The SMILES string of the molecule is C=CCCC1OC1CC(=C)CCC1OC1CCCC/C=C/CC/C=C/CC(C)/C=C/CC(C)CCCCCCC(=O)CCCC(CC(O)CC(=O)CC(O)CC[C@@H](O)C1CC(O)[C@H](OS(=O)(=O)O)[C@@H](CC(C)O)O1)OC1O[C@H](CO[C@@H]2O[C@H](CO)C(O)[C@H](O)[C@H]2O)C(O)[C@H](O)[C@H]1O. The van der Waals surface area contributed by atoms with Crippen molar-refractivity contribution >= 4 is 22.0 Å². The highest BCUT2D eigenvalue weighted by atomic mass is 32.3. The van der Waals surface area contributed by atoms with Gasteiger partial charge in [-0.15, -0.1) is 6.58 Å². The van der Waals surface area contributed by atoms with E-state index < -0.39 is 159 Å². The molecule has 0 aromatic heterocycles. The molecule has 5 saturated heterocycles. The Bertz CT molecular complexity index is 2460. The number of hydrogen-bond donors (Lipinski definition) is 13. The number of rotatable bonds is 52. The number of aliphatic hydroxyl groups is 12. The first-order valence-corrected chi connectivity index (χ1v) is 37.1. The van der Waals surface area contributed by atoms with Gasteiger partial charge in [-0.3, -0.25) is 14.1 Å². The van der Waals surface area contributed by atoms with Gasteiger partial charge in [-0.1, -0.05) is 101 Å². The van der Waals surface area contributed by atoms with Crippen molar-refractivity contribution < 1.29 is 121 Å². The number of Topliss-reactive ketones (excluding diaryl/α,β-unsaturated/α-hetero) is 2. The number of hydrogen-bond acceptors (Lipinski definition) is 24. The van der Waals surface area contributed by atoms with Crippen LogP contribution >= 0.6 is 0 Å². The molecule has 15 unspecified atom stereocenters. The van der Waals surface area contributed by atoms with Gasteiger partial charge in [-0.25, -0.2) is 4.18 Å². The van der Waals surface area contributed by atoms with Crippen molar-refractivity contribution in [1.82, 2.24) is 0 Å². The average molecular weight is 1410 g/mol. The lowest BCUT2D eigenvalue weighted by atomic mass is 9.90. The lowest BCUT2D eigenvalue weighted by molar-refractivity contribution is -0.336. The first-order valence-electron chi connectivity index (χ1n) is 35.7. The normalized spacial score (nSPS) is 32.2. The summed E-state index contributed by atoms with van der Waals surface area (Å²) in [7, 11) is -5.02. The number of unbranched alkanes of at least 4 members (excludes halogenated alkanes) is 6. The molecule has 5 fully saturated rings. The predicted octanol–water partition coefficient (Wildman–Crippen LogP) is 5.44. The number of ether oxygens (including phenoxy) is 7. The number of carbonyl (C=O) groups is 2. The fourth-order valence-electron chi connectivity index (χ4n) is 13.0. The summed E-state index contributed by atoms with van der Waals surface area (Å²) in [5.74, 6) is 0.403. The van der Waals surface area contributed by atoms with E-state index in [0.717, 1.165) is 96.3 Å². The van der Waals surface area contributed by atoms with E-state index in [4.69, 9.17) is 33.2 Å². The van der Waals surface area contributed by atoms with E-state index in [0.29, 0.717) is 49.1 Å². The molecule has 26 heteroatoms. The average Bonchev–Trinajstić information content (AvgIpc) is 1.79. The van der Waals surface area contributed by atoms with Crippen molar-refractivity contribution in [3.63, 3.8) is 0 Å². The number of epoxide rings is 2. The Hall–Kier alpha value is -2.85. The lowest BCUT2D eigenvalue weighted by Crippen LogP contribution is -2.62. The van der Waals surface area contributed by atoms with Gasteiger partial charge >= 0.3 is 10.4 Å². The second-order valence-electron chi connectivity index (χ2n) is 28.0. The molecule has 5 aliphatic heterocycles. The zero-order valence-corrected chi connectivity index (χ0v) is 58.2. The van der Waals surface area contributed by atoms with Crippen LogP contribution in [0.5, 0.6) is 0 Å². The van der Waals surface area contributed by atoms with Crippen LogP contribution in [0.25, 0.3) is 0 Å². The molecule has 0 aromatic carbocycles. The van der Waals surface area contributed by atoms with Crippen molar-refractivity contribution in [1.29, 1.82) is 0 Å². The molecule has 0 aliphatic carbocycles. The van der Waals surface area contributed by atoms with Crippen molar-refractivity contribution in [3.8, 4) is 0 Å². The van der Waals surface area contributed by atoms with E-state index in [1.165, 1.54) is 25.3 Å². The maximum absolute atomic E-state index is 13.2. The zero-order chi connectivity index (χ0) is 71.2. The van der Waals surface area contributed by atoms with Crippen LogP contribution in [-0.4, -0.2) is 240 Å². The molecule has 560 valence electrons. The van der Waals surface area contributed by atoms with Crippen molar-refractivity contribution in [2.45, 2.75) is 348 Å². The molecule has 13 N–H and O–H groups in total. The second-order valence-corrected chi connectivity index (χ2v) is 29.0. The fraction of sp³-hybridized carbons (Fsp3) is 0.831. The highest BCUT2D eigenvalue weighted by Crippen LogP contribution is 2.37. The third kappa shape index (κ3) is 32.6. The highest BCUT2D eigenvalue weighted by molar-refractivity contribution is 7.80. The van der Waals surface area contributed by atoms with Crippen LogP contribution in [0.2, 0.25) is 0 Å². The minimum Gasteiger partial charge on any atom is -0.394 e. The molecular weight excluding hydrogens is 1280 g/mol. The molecule has 25 nitrogen and oxygen atoms in total. The highest BCUT2D eigenvalue weighted by Gasteiger charge is 2.49. The van der Waals surface area contributed by atoms with Gasteiger partial charge in [0, 0.05) is 44.9 Å². The molecule has 5 aliphatic rings. The summed E-state index contributed by atoms with van der Waals surface area (Å²) < 4.78 is 77.0. The second kappa shape index (κ2) is 44.6. The Morgan fingerprint density at radius 2 is 1.23 bits per heavy atom. The molecule has 0 saturated carbocycles. The summed E-state index contributed by atoms with van der Waals surface area (Å²) in [5.41, 5.74) is 1.28. The number of carbonyl (C=O) groups excluding carboxylic acids is 2. The number of allylic oxidation sites excluding steroid dienone is 7. The maximum Gasteiger partial charge on any atom is 0.397 e. The van der Waals surface area contributed by atoms with Gasteiger partial charge in [0.2, 0.25) is 0 Å². The Morgan fingerprint density at radius 3 is 1.94 bits per heavy atom. The third-order valence-electron chi connectivity index (χ3n) is 19.0. The third-order valence-corrected chi connectivity index (χ3v) is 19.4. The van der Waals surface area contributed by atoms with Gasteiger partial charge in [0.05, 0.1) is 86.5 Å². The first kappa shape index (κ1) is 84.8. The summed E-state index contributed by atoms with van der Waals surface area (Å²) in [5, 5.41) is 127. The van der Waals surface area contributed by atoms with E-state index in [1.54, 1.807) is 0 Å². The minimum atomic E-state index is -5.02. The molecular formula is C71H120O25S. The molecule has 5 rings (SSSR count). The van der Waals surface area contributed by atoms with Crippen molar-refractivity contribution in [2.75, 3.05) is 13.2 Å². The largest absolute Gasteiger partial charge is 0.397 e. The van der Waals surface area contributed by atoms with Gasteiger partial charge in [-0.2, -0.15) is 8.42 Å². The summed E-state index contributed by atoms with van der Waals surface area (Å²) in [4.78, 5) is 26.4. The lowest BCUT2D eigenvalue weighted by Gasteiger charge is -2.43. The van der Waals surface area contributed by atoms with Gasteiger partial charge in [0.1, 0.15) is 66.5 Å². The van der Waals surface area contributed by atoms with Crippen LogP contribution in [0.15, 0.2) is 61.3 Å². The predicted molar refractivity (Wildman–Crippen MR) is 358 cm³/mol. The monoisotopic (exact) mass is 1400 g/mol. The van der Waals surface area contributed by atoms with Gasteiger partial charge < -0.3 is 94.4 Å². The quantitative estimate of drug-likeness (QED) is 0.0156. The standard InChI is InChI=1S/C71H120O25S/c1-6-7-30-56-59(92-56)36-46(4)32-35-57-55(91-57)31-20-14-12-10-8-9-11-13-17-23-44(2)25-21-26-45(3)24-18-15-16-19-27-48(74)28-22-29-52(90-71-68(85)66(83)64(81)62(95-71)43-89-70-67(84)65(82)63(80)61(42-72)94-70)40-51(77)39-50(76)38-49(75)33-34-53(78)58-41-54(79)69(96-97(86,87)88)60(93-58)37-47(5)73/h6,8,10,13,17,21,25,44-45,47,49,51-73,75,77-85H,1,4,7,9,11-12,14-16,18-20,22-24,26-43H2,2-3,5H3,(H,86,87,88)/b10-8+,17-13+,25-21+/t44?,45?,47?,49?,51?,52?,53-,54?,55?,56?,57?,58?,59?,60-,61-,62-,63?,64?,65+,66+,67-,68-,69+,70-,71?/m1/s1. The van der Waals surface area contributed by atoms with Gasteiger partial charge in [0.15, 0.2) is 12.6 Å². The van der Waals surface area contributed by atoms with Crippen LogP contribution < -0.4 is 0 Å². The smallest absolute Gasteiger partial charge is 0.394 e. The Balaban J connectivity index is 0.972. The topological polar surface area (TPSA) is 412 Å². The summed E-state index contributed by atoms with van der Waals surface area (Å²) in [6.07, 6.45) is 6.12. The Labute approximate surface area is 574 Å². The van der Waals surface area contributed by atoms with E-state index in [2.05, 4.69) is 67.6 Å². The summed E-state index contributed by atoms with van der Waals surface area (Å²) in [6.45, 7) is 12.6. The van der Waals surface area contributed by atoms with Crippen LogP contribution in [0.4, 0.5) is 0 Å². The summed E-state index contributed by atoms with van der Waals surface area (Å²) >= 11 is 0. The van der Waals surface area contributed by atoms with Gasteiger partial charge in [0.25, 0.3) is 0 Å². The van der Waals surface area contributed by atoms with Gasteiger partial charge in [-0.05, 0) is 128 Å². The first-order chi connectivity index (χ1) is 46.2. The van der Waals surface area contributed by atoms with E-state index >= 15 is 0 Å². The molecule has 0 bridgehead atoms. The summed E-state index contributed by atoms with van der Waals surface area (Å²) in [6, 6.07) is 0. The molecule has 0 aromatic rings.